The zero-order valence-electron chi connectivity index (χ0n) is 17.0. The van der Waals surface area contributed by atoms with Crippen LogP contribution in [0.1, 0.15) is 54.4 Å². The molecule has 168 valence electrons. The molecule has 1 aromatic heterocycles. The molecule has 0 spiro atoms. The van der Waals surface area contributed by atoms with Gasteiger partial charge in [-0.1, -0.05) is 11.2 Å². The van der Waals surface area contributed by atoms with Crippen molar-refractivity contribution in [1.29, 1.82) is 0 Å². The summed E-state index contributed by atoms with van der Waals surface area (Å²) in [7, 11) is 0. The van der Waals surface area contributed by atoms with Crippen LogP contribution >= 0.6 is 0 Å². The van der Waals surface area contributed by atoms with E-state index in [-0.39, 0.29) is 54.8 Å². The number of halogens is 3. The third kappa shape index (κ3) is 5.99. The number of hydrogen-bond donors (Lipinski definition) is 0. The topological polar surface area (TPSA) is 81.9 Å². The molecule has 1 amide bonds. The summed E-state index contributed by atoms with van der Waals surface area (Å²) < 4.78 is 53.8. The molecule has 0 bridgehead atoms. The van der Waals surface area contributed by atoms with E-state index in [1.165, 1.54) is 18.2 Å². The maximum Gasteiger partial charge on any atom is 0.416 e. The number of alkyl halides is 3. The number of likely N-dealkylation sites (tertiary alicyclic amines) is 1. The first-order chi connectivity index (χ1) is 14.8. The second-order valence-electron chi connectivity index (χ2n) is 7.15. The third-order valence-electron chi connectivity index (χ3n) is 4.92. The summed E-state index contributed by atoms with van der Waals surface area (Å²) in [5.74, 6) is -0.519. The fourth-order valence-corrected chi connectivity index (χ4v) is 3.44. The summed E-state index contributed by atoms with van der Waals surface area (Å²) in [5.41, 5.74) is -0.769. The van der Waals surface area contributed by atoms with E-state index in [0.29, 0.717) is 13.0 Å². The zero-order chi connectivity index (χ0) is 22.4. The first-order valence-electron chi connectivity index (χ1n) is 10.00. The molecule has 3 rings (SSSR count). The van der Waals surface area contributed by atoms with Crippen LogP contribution < -0.4 is 4.74 Å². The number of carbonyl (C=O) groups is 2. The van der Waals surface area contributed by atoms with Gasteiger partial charge in [-0.3, -0.25) is 9.59 Å². The number of aromatic nitrogens is 1. The monoisotopic (exact) mass is 440 g/mol. The molecule has 1 unspecified atom stereocenters. The van der Waals surface area contributed by atoms with E-state index < -0.39 is 11.7 Å². The van der Waals surface area contributed by atoms with Crippen molar-refractivity contribution in [2.75, 3.05) is 13.2 Å². The Balaban J connectivity index is 1.63. The van der Waals surface area contributed by atoms with Gasteiger partial charge in [-0.25, -0.2) is 0 Å². The van der Waals surface area contributed by atoms with Gasteiger partial charge in [0, 0.05) is 18.7 Å². The number of piperidine rings is 1. The van der Waals surface area contributed by atoms with Crippen LogP contribution in [0.5, 0.6) is 5.75 Å². The molecule has 0 saturated carbocycles. The molecule has 0 aliphatic carbocycles. The van der Waals surface area contributed by atoms with E-state index in [0.717, 1.165) is 25.0 Å². The highest BCUT2D eigenvalue weighted by Crippen LogP contribution is 2.31. The van der Waals surface area contributed by atoms with E-state index in [1.807, 2.05) is 0 Å². The summed E-state index contributed by atoms with van der Waals surface area (Å²) in [5, 5.41) is 3.77. The summed E-state index contributed by atoms with van der Waals surface area (Å²) in [4.78, 5) is 26.3. The molecule has 1 aromatic carbocycles. The number of ether oxygens (including phenoxy) is 2. The summed E-state index contributed by atoms with van der Waals surface area (Å²) in [6.07, 6.45) is -1.95. The number of hydrogen-bond acceptors (Lipinski definition) is 6. The van der Waals surface area contributed by atoms with Gasteiger partial charge in [-0.15, -0.1) is 0 Å². The van der Waals surface area contributed by atoms with Gasteiger partial charge in [0.05, 0.1) is 18.6 Å². The average Bonchev–Trinajstić information content (AvgIpc) is 3.21. The van der Waals surface area contributed by atoms with Gasteiger partial charge in [-0.05, 0) is 44.4 Å². The van der Waals surface area contributed by atoms with Crippen molar-refractivity contribution in [2.45, 2.75) is 51.4 Å². The molecule has 0 N–H and O–H groups in total. The Bertz CT molecular complexity index is 912. The summed E-state index contributed by atoms with van der Waals surface area (Å²) in [6, 6.07) is 5.59. The van der Waals surface area contributed by atoms with Crippen LogP contribution in [0.4, 0.5) is 13.2 Å². The number of carbonyl (C=O) groups excluding carboxylic acids is 2. The lowest BCUT2D eigenvalue weighted by Gasteiger charge is -2.34. The highest BCUT2D eigenvalue weighted by Gasteiger charge is 2.32. The molecule has 2 aromatic rings. The van der Waals surface area contributed by atoms with Crippen molar-refractivity contribution in [2.24, 2.45) is 0 Å². The van der Waals surface area contributed by atoms with Gasteiger partial charge in [0.2, 0.25) is 0 Å². The van der Waals surface area contributed by atoms with Crippen LogP contribution in [-0.4, -0.2) is 41.1 Å². The largest absolute Gasteiger partial charge is 0.486 e. The molecule has 1 atom stereocenters. The van der Waals surface area contributed by atoms with Gasteiger partial charge in [-0.2, -0.15) is 13.2 Å². The Morgan fingerprint density at radius 2 is 2.06 bits per heavy atom. The fraction of sp³-hybridized carbons (Fsp3) is 0.476. The average molecular weight is 440 g/mol. The van der Waals surface area contributed by atoms with Crippen LogP contribution in [0.15, 0.2) is 34.9 Å². The molecule has 1 aliphatic rings. The Labute approximate surface area is 177 Å². The smallest absolute Gasteiger partial charge is 0.416 e. The predicted molar refractivity (Wildman–Crippen MR) is 102 cm³/mol. The van der Waals surface area contributed by atoms with Crippen molar-refractivity contribution in [3.8, 4) is 5.75 Å². The normalized spacial score (nSPS) is 16.8. The summed E-state index contributed by atoms with van der Waals surface area (Å²) in [6.45, 7) is 2.30. The molecule has 31 heavy (non-hydrogen) atoms. The second kappa shape index (κ2) is 9.84. The number of nitrogens with zero attached hydrogens (tertiary/aromatic N) is 2. The van der Waals surface area contributed by atoms with Crippen LogP contribution in [0.2, 0.25) is 0 Å². The highest BCUT2D eigenvalue weighted by molar-refractivity contribution is 5.92. The number of rotatable bonds is 7. The zero-order valence-corrected chi connectivity index (χ0v) is 17.0. The Hall–Kier alpha value is -3.04. The van der Waals surface area contributed by atoms with Crippen LogP contribution in [0.25, 0.3) is 0 Å². The van der Waals surface area contributed by atoms with Crippen molar-refractivity contribution < 1.29 is 36.8 Å². The molecule has 1 saturated heterocycles. The molecular formula is C21H23F3N2O5. The highest BCUT2D eigenvalue weighted by atomic mass is 19.4. The van der Waals surface area contributed by atoms with Gasteiger partial charge < -0.3 is 18.9 Å². The van der Waals surface area contributed by atoms with Crippen molar-refractivity contribution in [3.05, 3.63) is 47.3 Å². The van der Waals surface area contributed by atoms with E-state index in [1.54, 1.807) is 11.8 Å². The molecule has 1 aliphatic heterocycles. The lowest BCUT2D eigenvalue weighted by Crippen LogP contribution is -2.45. The van der Waals surface area contributed by atoms with Gasteiger partial charge in [0.1, 0.15) is 12.4 Å². The molecule has 7 nitrogen and oxygen atoms in total. The van der Waals surface area contributed by atoms with Gasteiger partial charge >= 0.3 is 12.1 Å². The van der Waals surface area contributed by atoms with Crippen LogP contribution in [-0.2, 0) is 22.3 Å². The summed E-state index contributed by atoms with van der Waals surface area (Å²) >= 11 is 0. The first-order valence-corrected chi connectivity index (χ1v) is 10.00. The van der Waals surface area contributed by atoms with E-state index in [4.69, 9.17) is 14.0 Å². The number of esters is 1. The standard InChI is InChI=1S/C21H23F3N2O5/c1-2-29-19(27)11-15-7-3-4-9-26(15)20(28)18-12-17(31-25-18)13-30-16-8-5-6-14(10-16)21(22,23)24/h5-6,8,10,12,15H,2-4,7,9,11,13H2,1H3. The fourth-order valence-electron chi connectivity index (χ4n) is 3.44. The van der Waals surface area contributed by atoms with Crippen molar-refractivity contribution >= 4 is 11.9 Å². The van der Waals surface area contributed by atoms with Crippen LogP contribution in [0.3, 0.4) is 0 Å². The molecular weight excluding hydrogens is 417 g/mol. The minimum absolute atomic E-state index is 0.0182. The Morgan fingerprint density at radius 1 is 1.26 bits per heavy atom. The Morgan fingerprint density at radius 3 is 2.81 bits per heavy atom. The Kier molecular flexibility index (Phi) is 7.19. The van der Waals surface area contributed by atoms with E-state index in [2.05, 4.69) is 5.16 Å². The maximum atomic E-state index is 12.9. The van der Waals surface area contributed by atoms with Gasteiger partial charge in [0.15, 0.2) is 11.5 Å². The quantitative estimate of drug-likeness (QED) is 0.600. The van der Waals surface area contributed by atoms with Gasteiger partial charge in [0.25, 0.3) is 5.91 Å². The van der Waals surface area contributed by atoms with E-state index >= 15 is 0 Å². The lowest BCUT2D eigenvalue weighted by atomic mass is 9.99. The first kappa shape index (κ1) is 22.6. The minimum atomic E-state index is -4.47. The van der Waals surface area contributed by atoms with Crippen molar-refractivity contribution in [1.82, 2.24) is 10.1 Å². The SMILES string of the molecule is CCOC(=O)CC1CCCCN1C(=O)c1cc(COc2cccc(C(F)(F)F)c2)on1. The molecule has 10 heteroatoms. The van der Waals surface area contributed by atoms with Crippen molar-refractivity contribution in [3.63, 3.8) is 0 Å². The maximum absolute atomic E-state index is 12.9. The van der Waals surface area contributed by atoms with Crippen LogP contribution in [0, 0.1) is 0 Å². The molecule has 2 heterocycles. The molecule has 0 radical (unpaired) electrons. The number of benzene rings is 1. The second-order valence-corrected chi connectivity index (χ2v) is 7.15. The lowest BCUT2D eigenvalue weighted by molar-refractivity contribution is -0.144. The number of amides is 1. The molecule has 1 fully saturated rings. The minimum Gasteiger partial charge on any atom is -0.486 e. The predicted octanol–water partition coefficient (Wildman–Crippen LogP) is 4.22. The third-order valence-corrected chi connectivity index (χ3v) is 4.92. The van der Waals surface area contributed by atoms with E-state index in [9.17, 15) is 22.8 Å².